The molecule has 0 spiro atoms. The molecule has 10 heavy (non-hydrogen) atoms. The molecule has 0 aliphatic heterocycles. The molecule has 1 amide bonds. The summed E-state index contributed by atoms with van der Waals surface area (Å²) in [5, 5.41) is 10.5. The molecule has 0 bridgehead atoms. The van der Waals surface area contributed by atoms with Gasteiger partial charge >= 0.3 is 0 Å². The topological polar surface area (TPSA) is 49.3 Å². The Labute approximate surface area is 74.1 Å². The van der Waals surface area contributed by atoms with Crippen LogP contribution in [0.15, 0.2) is 0 Å². The van der Waals surface area contributed by atoms with Gasteiger partial charge in [-0.2, -0.15) is 0 Å². The number of nitrogens with one attached hydrogen (secondary N) is 1. The normalized spacial score (nSPS) is 6.30. The van der Waals surface area contributed by atoms with E-state index in [4.69, 9.17) is 5.11 Å². The third-order valence-electron chi connectivity index (χ3n) is 0.563. The van der Waals surface area contributed by atoms with Crippen molar-refractivity contribution in [2.24, 2.45) is 0 Å². The van der Waals surface area contributed by atoms with Crippen LogP contribution in [0.1, 0.15) is 20.3 Å². The van der Waals surface area contributed by atoms with Crippen LogP contribution in [0, 0.1) is 0 Å². The van der Waals surface area contributed by atoms with Gasteiger partial charge in [-0.25, -0.2) is 0 Å². The molecule has 0 atom stereocenters. The van der Waals surface area contributed by atoms with E-state index < -0.39 is 0 Å². The van der Waals surface area contributed by atoms with E-state index in [1.54, 1.807) is 0 Å². The fourth-order valence-corrected chi connectivity index (χ4v) is 0.240. The summed E-state index contributed by atoms with van der Waals surface area (Å²) in [6.45, 7) is 4.71. The Balaban J connectivity index is -0.000000149. The predicted molar refractivity (Wildman–Crippen MR) is 37.1 cm³/mol. The molecule has 0 aromatic rings. The molecule has 0 unspecified atom stereocenters. The van der Waals surface area contributed by atoms with Crippen LogP contribution in [0.4, 0.5) is 0 Å². The van der Waals surface area contributed by atoms with Gasteiger partial charge in [0.05, 0.1) is 0 Å². The van der Waals surface area contributed by atoms with E-state index in [1.807, 2.05) is 13.8 Å². The van der Waals surface area contributed by atoms with E-state index in [0.717, 1.165) is 0 Å². The third-order valence-corrected chi connectivity index (χ3v) is 0.563. The molecular weight excluding hydrogens is 169 g/mol. The number of aliphatic hydroxyl groups excluding tert-OH is 1. The van der Waals surface area contributed by atoms with Crippen LogP contribution in [-0.4, -0.2) is 24.7 Å². The maximum atomic E-state index is 9.49. The van der Waals surface area contributed by atoms with Crippen molar-refractivity contribution in [2.75, 3.05) is 13.2 Å². The van der Waals surface area contributed by atoms with E-state index in [0.29, 0.717) is 19.4 Å². The number of hydrogen-bond acceptors (Lipinski definition) is 2. The summed E-state index contributed by atoms with van der Waals surface area (Å²) in [7, 11) is 0. The summed E-state index contributed by atoms with van der Waals surface area (Å²) in [5.74, 6) is 0. The van der Waals surface area contributed by atoms with Gasteiger partial charge in [-0.15, -0.1) is 0 Å². The fourth-order valence-electron chi connectivity index (χ4n) is 0.240. The predicted octanol–water partition coefficient (Wildman–Crippen LogP) is 0.138. The molecule has 0 saturated carbocycles. The Kier molecular flexibility index (Phi) is 38.1. The first-order chi connectivity index (χ1) is 4.41. The smallest absolute Gasteiger partial charge is 0.207 e. The number of carbonyl (C=O) groups is 1. The van der Waals surface area contributed by atoms with Gasteiger partial charge in [0.2, 0.25) is 6.41 Å². The molecule has 0 rings (SSSR count). The minimum absolute atomic E-state index is 0. The second kappa shape index (κ2) is 23.0. The molecule has 1 radical (unpaired) electrons. The first-order valence-corrected chi connectivity index (χ1v) is 3.19. The van der Waals surface area contributed by atoms with Gasteiger partial charge in [-0.05, 0) is 6.42 Å². The first kappa shape index (κ1) is 16.5. The van der Waals surface area contributed by atoms with Crippen LogP contribution in [0.2, 0.25) is 0 Å². The Morgan fingerprint density at radius 1 is 1.50 bits per heavy atom. The Morgan fingerprint density at radius 3 is 2.30 bits per heavy atom. The Morgan fingerprint density at radius 2 is 2.00 bits per heavy atom. The van der Waals surface area contributed by atoms with Crippen LogP contribution in [0.5, 0.6) is 0 Å². The van der Waals surface area contributed by atoms with Crippen molar-refractivity contribution in [1.82, 2.24) is 5.32 Å². The number of rotatable bonds is 4. The van der Waals surface area contributed by atoms with Gasteiger partial charge in [0.1, 0.15) is 0 Å². The molecule has 0 heterocycles. The van der Waals surface area contributed by atoms with Crippen LogP contribution in [-0.2, 0) is 23.4 Å². The maximum absolute atomic E-state index is 9.49. The summed E-state index contributed by atoms with van der Waals surface area (Å²) in [6, 6.07) is 0. The van der Waals surface area contributed by atoms with Crippen molar-refractivity contribution in [3.05, 3.63) is 0 Å². The molecule has 4 heteroatoms. The SMILES string of the molecule is CC.O=CNCCCO.[V]. The van der Waals surface area contributed by atoms with Crippen molar-refractivity contribution < 1.29 is 28.5 Å². The summed E-state index contributed by atoms with van der Waals surface area (Å²) < 4.78 is 0. The zero-order valence-corrected chi connectivity index (χ0v) is 7.90. The minimum atomic E-state index is 0. The molecule has 0 aliphatic rings. The van der Waals surface area contributed by atoms with Crippen molar-refractivity contribution in [3.8, 4) is 0 Å². The molecular formula is C6H15NO2V. The molecule has 0 fully saturated rings. The van der Waals surface area contributed by atoms with E-state index >= 15 is 0 Å². The average molecular weight is 184 g/mol. The van der Waals surface area contributed by atoms with Crippen LogP contribution < -0.4 is 5.32 Å². The van der Waals surface area contributed by atoms with Crippen molar-refractivity contribution >= 4 is 6.41 Å². The van der Waals surface area contributed by atoms with Crippen molar-refractivity contribution in [3.63, 3.8) is 0 Å². The summed E-state index contributed by atoms with van der Waals surface area (Å²) in [5.41, 5.74) is 0. The molecule has 0 saturated heterocycles. The zero-order valence-electron chi connectivity index (χ0n) is 6.50. The Bertz CT molecular complexity index is 53.0. The molecule has 61 valence electrons. The molecule has 0 aromatic carbocycles. The average Bonchev–Trinajstić information content (AvgIpc) is 1.94. The van der Waals surface area contributed by atoms with E-state index in [9.17, 15) is 4.79 Å². The van der Waals surface area contributed by atoms with Gasteiger partial charge in [0.15, 0.2) is 0 Å². The quantitative estimate of drug-likeness (QED) is 0.482. The van der Waals surface area contributed by atoms with Crippen molar-refractivity contribution in [2.45, 2.75) is 20.3 Å². The second-order valence-electron chi connectivity index (χ2n) is 1.15. The third kappa shape index (κ3) is 24.5. The standard InChI is InChI=1S/C4H9NO2.C2H6.V/c6-3-1-2-5-4-7;1-2;/h4,6H,1-3H2,(H,5,7);1-2H3;. The van der Waals surface area contributed by atoms with Crippen LogP contribution in [0.25, 0.3) is 0 Å². The van der Waals surface area contributed by atoms with E-state index in [-0.39, 0.29) is 25.2 Å². The van der Waals surface area contributed by atoms with Gasteiger partial charge in [-0.1, -0.05) is 13.8 Å². The Hall–Kier alpha value is 0.0144. The number of carbonyl (C=O) groups excluding carboxylic acids is 1. The van der Waals surface area contributed by atoms with E-state index in [1.165, 1.54) is 0 Å². The van der Waals surface area contributed by atoms with Gasteiger partial charge < -0.3 is 10.4 Å². The summed E-state index contributed by atoms with van der Waals surface area (Å²) in [4.78, 5) is 9.49. The van der Waals surface area contributed by atoms with Crippen LogP contribution >= 0.6 is 0 Å². The number of amides is 1. The number of hydrogen-bond donors (Lipinski definition) is 2. The monoisotopic (exact) mass is 184 g/mol. The zero-order chi connectivity index (χ0) is 7.54. The van der Waals surface area contributed by atoms with Crippen LogP contribution in [0.3, 0.4) is 0 Å². The van der Waals surface area contributed by atoms with Gasteiger partial charge in [-0.3, -0.25) is 4.79 Å². The van der Waals surface area contributed by atoms with Crippen molar-refractivity contribution in [1.29, 1.82) is 0 Å². The van der Waals surface area contributed by atoms with E-state index in [2.05, 4.69) is 5.32 Å². The maximum Gasteiger partial charge on any atom is 0.207 e. The second-order valence-corrected chi connectivity index (χ2v) is 1.15. The summed E-state index contributed by atoms with van der Waals surface area (Å²) >= 11 is 0. The first-order valence-electron chi connectivity index (χ1n) is 3.19. The van der Waals surface area contributed by atoms with Gasteiger partial charge in [0.25, 0.3) is 0 Å². The van der Waals surface area contributed by atoms with Gasteiger partial charge in [0, 0.05) is 31.7 Å². The molecule has 3 nitrogen and oxygen atoms in total. The molecule has 0 aromatic heterocycles. The molecule has 2 N–H and O–H groups in total. The largest absolute Gasteiger partial charge is 0.396 e. The minimum Gasteiger partial charge on any atom is -0.396 e. The number of aliphatic hydroxyl groups is 1. The fraction of sp³-hybridized carbons (Fsp3) is 0.833. The molecule has 0 aliphatic carbocycles. The summed E-state index contributed by atoms with van der Waals surface area (Å²) in [6.07, 6.45) is 1.26.